The highest BCUT2D eigenvalue weighted by Crippen LogP contribution is 1.86. The van der Waals surface area contributed by atoms with Crippen LogP contribution in [0.25, 0.3) is 0 Å². The third-order valence-electron chi connectivity index (χ3n) is 1.19. The Kier molecular flexibility index (Phi) is 5.86. The molecule has 76 valence electrons. The quantitative estimate of drug-likeness (QED) is 0.598. The normalized spacial score (nSPS) is 13.5. The fraction of sp³-hybridized carbons (Fsp3) is 0.833. The van der Waals surface area contributed by atoms with Crippen LogP contribution >= 0.6 is 0 Å². The third-order valence-corrected chi connectivity index (χ3v) is 3.20. The van der Waals surface area contributed by atoms with Crippen molar-refractivity contribution in [2.45, 2.75) is 6.42 Å². The standard InChI is InChI=1S/C6H12N2O3S2/c1-12(9)5-2-4-8-13(10,11)6-3-7/h8H,2,4-6H2,1H3. The van der Waals surface area contributed by atoms with Gasteiger partial charge < -0.3 is 0 Å². The summed E-state index contributed by atoms with van der Waals surface area (Å²) in [5, 5.41) is 8.13. The first kappa shape index (κ1) is 12.6. The average Bonchev–Trinajstić information content (AvgIpc) is 1.98. The maximum absolute atomic E-state index is 10.9. The van der Waals surface area contributed by atoms with Crippen LogP contribution in [-0.2, 0) is 20.8 Å². The number of hydrogen-bond acceptors (Lipinski definition) is 4. The van der Waals surface area contributed by atoms with Gasteiger partial charge in [0.15, 0.2) is 5.75 Å². The van der Waals surface area contributed by atoms with Gasteiger partial charge in [-0.15, -0.1) is 0 Å². The number of hydrogen-bond donors (Lipinski definition) is 1. The molecule has 0 radical (unpaired) electrons. The highest BCUT2D eigenvalue weighted by Gasteiger charge is 2.07. The van der Waals surface area contributed by atoms with E-state index < -0.39 is 26.6 Å². The molecule has 5 nitrogen and oxygen atoms in total. The molecule has 0 bridgehead atoms. The molecule has 0 rings (SSSR count). The van der Waals surface area contributed by atoms with E-state index in [-0.39, 0.29) is 6.54 Å². The van der Waals surface area contributed by atoms with Crippen LogP contribution in [0.1, 0.15) is 6.42 Å². The van der Waals surface area contributed by atoms with E-state index in [1.54, 1.807) is 12.3 Å². The molecule has 0 amide bonds. The number of nitriles is 1. The zero-order valence-corrected chi connectivity index (χ0v) is 8.95. The molecule has 1 unspecified atom stereocenters. The van der Waals surface area contributed by atoms with Crippen molar-refractivity contribution in [2.75, 3.05) is 24.3 Å². The van der Waals surface area contributed by atoms with E-state index in [1.165, 1.54) is 0 Å². The predicted molar refractivity (Wildman–Crippen MR) is 51.0 cm³/mol. The summed E-state index contributed by atoms with van der Waals surface area (Å²) in [7, 11) is -4.34. The van der Waals surface area contributed by atoms with Gasteiger partial charge in [-0.2, -0.15) is 5.26 Å². The molecule has 1 N–H and O–H groups in total. The molecule has 0 saturated carbocycles. The predicted octanol–water partition coefficient (Wildman–Crippen LogP) is -0.802. The summed E-state index contributed by atoms with van der Waals surface area (Å²) in [6.07, 6.45) is 2.08. The molecule has 0 fully saturated rings. The summed E-state index contributed by atoms with van der Waals surface area (Å²) >= 11 is 0. The Morgan fingerprint density at radius 3 is 2.62 bits per heavy atom. The Labute approximate surface area is 80.6 Å². The topological polar surface area (TPSA) is 87.0 Å². The van der Waals surface area contributed by atoms with Crippen molar-refractivity contribution in [3.05, 3.63) is 0 Å². The molecule has 13 heavy (non-hydrogen) atoms. The largest absolute Gasteiger partial charge is 0.260 e. The molecule has 0 aliphatic carbocycles. The molecule has 0 saturated heterocycles. The van der Waals surface area contributed by atoms with Gasteiger partial charge in [0.2, 0.25) is 10.0 Å². The molecule has 0 aromatic carbocycles. The number of nitrogens with zero attached hydrogens (tertiary/aromatic N) is 1. The molecule has 0 aromatic heterocycles. The first-order valence-corrected chi connectivity index (χ1v) is 7.00. The Morgan fingerprint density at radius 1 is 1.54 bits per heavy atom. The minimum Gasteiger partial charge on any atom is -0.260 e. The van der Waals surface area contributed by atoms with Crippen molar-refractivity contribution in [1.29, 1.82) is 5.26 Å². The van der Waals surface area contributed by atoms with E-state index >= 15 is 0 Å². The van der Waals surface area contributed by atoms with Gasteiger partial charge in [-0.25, -0.2) is 13.1 Å². The van der Waals surface area contributed by atoms with Crippen molar-refractivity contribution in [3.63, 3.8) is 0 Å². The summed E-state index contributed by atoms with van der Waals surface area (Å²) in [6, 6.07) is 1.55. The minimum atomic E-state index is -3.44. The van der Waals surface area contributed by atoms with Crippen LogP contribution in [0.4, 0.5) is 0 Å². The van der Waals surface area contributed by atoms with E-state index in [9.17, 15) is 12.6 Å². The molecule has 7 heteroatoms. The minimum absolute atomic E-state index is 0.240. The number of sulfonamides is 1. The Morgan fingerprint density at radius 2 is 2.15 bits per heavy atom. The maximum atomic E-state index is 10.9. The van der Waals surface area contributed by atoms with Gasteiger partial charge in [0.05, 0.1) is 6.07 Å². The summed E-state index contributed by atoms with van der Waals surface area (Å²) in [6.45, 7) is 0.240. The van der Waals surface area contributed by atoms with Crippen LogP contribution in [-0.4, -0.2) is 36.9 Å². The van der Waals surface area contributed by atoms with Crippen LogP contribution in [0, 0.1) is 11.3 Å². The van der Waals surface area contributed by atoms with Gasteiger partial charge in [-0.05, 0) is 6.42 Å². The van der Waals surface area contributed by atoms with Crippen LogP contribution in [0.3, 0.4) is 0 Å². The summed E-state index contributed by atoms with van der Waals surface area (Å²) in [5.74, 6) is -0.0582. The lowest BCUT2D eigenvalue weighted by Crippen LogP contribution is -2.27. The summed E-state index contributed by atoms with van der Waals surface area (Å²) < 4.78 is 34.5. The van der Waals surface area contributed by atoms with E-state index in [0.29, 0.717) is 12.2 Å². The van der Waals surface area contributed by atoms with Crippen molar-refractivity contribution in [2.24, 2.45) is 0 Å². The molecule has 0 aliphatic heterocycles. The molecule has 1 atom stereocenters. The third kappa shape index (κ3) is 7.90. The van der Waals surface area contributed by atoms with Crippen LogP contribution in [0.5, 0.6) is 0 Å². The van der Waals surface area contributed by atoms with Gasteiger partial charge in [-0.3, -0.25) is 4.21 Å². The van der Waals surface area contributed by atoms with Gasteiger partial charge in [0.25, 0.3) is 0 Å². The Bertz CT molecular complexity index is 304. The van der Waals surface area contributed by atoms with Gasteiger partial charge >= 0.3 is 0 Å². The molecular weight excluding hydrogens is 212 g/mol. The van der Waals surface area contributed by atoms with Gasteiger partial charge in [0.1, 0.15) is 0 Å². The van der Waals surface area contributed by atoms with Crippen molar-refractivity contribution in [3.8, 4) is 6.07 Å². The first-order valence-electron chi connectivity index (χ1n) is 3.62. The van der Waals surface area contributed by atoms with Crippen LogP contribution < -0.4 is 4.72 Å². The van der Waals surface area contributed by atoms with Crippen molar-refractivity contribution in [1.82, 2.24) is 4.72 Å². The lowest BCUT2D eigenvalue weighted by molar-refractivity contribution is 0.584. The van der Waals surface area contributed by atoms with E-state index in [0.717, 1.165) is 0 Å². The molecular formula is C6H12N2O3S2. The monoisotopic (exact) mass is 224 g/mol. The van der Waals surface area contributed by atoms with Crippen LogP contribution in [0.2, 0.25) is 0 Å². The summed E-state index contributed by atoms with van der Waals surface area (Å²) in [5.41, 5.74) is 0. The zero-order valence-electron chi connectivity index (χ0n) is 7.32. The zero-order chi connectivity index (χ0) is 10.3. The van der Waals surface area contributed by atoms with E-state index in [1.807, 2.05) is 0 Å². The smallest absolute Gasteiger partial charge is 0.225 e. The van der Waals surface area contributed by atoms with E-state index in [2.05, 4.69) is 4.72 Å². The number of nitrogens with one attached hydrogen (secondary N) is 1. The second-order valence-corrected chi connectivity index (χ2v) is 5.80. The average molecular weight is 224 g/mol. The van der Waals surface area contributed by atoms with Gasteiger partial charge in [-0.1, -0.05) is 0 Å². The number of rotatable bonds is 6. The van der Waals surface area contributed by atoms with Crippen LogP contribution in [0.15, 0.2) is 0 Å². The molecule has 0 spiro atoms. The lowest BCUT2D eigenvalue weighted by atomic mass is 10.5. The summed E-state index contributed by atoms with van der Waals surface area (Å²) in [4.78, 5) is 0. The van der Waals surface area contributed by atoms with Gasteiger partial charge in [0, 0.05) is 29.4 Å². The van der Waals surface area contributed by atoms with Crippen molar-refractivity contribution < 1.29 is 12.6 Å². The Balaban J connectivity index is 3.66. The SMILES string of the molecule is CS(=O)CCCNS(=O)(=O)CC#N. The fourth-order valence-corrected chi connectivity index (χ4v) is 1.92. The van der Waals surface area contributed by atoms with E-state index in [4.69, 9.17) is 5.26 Å². The van der Waals surface area contributed by atoms with Crippen molar-refractivity contribution >= 4 is 20.8 Å². The Hall–Kier alpha value is -0.450. The highest BCUT2D eigenvalue weighted by atomic mass is 32.2. The fourth-order valence-electron chi connectivity index (χ4n) is 0.639. The maximum Gasteiger partial charge on any atom is 0.225 e. The lowest BCUT2D eigenvalue weighted by Gasteiger charge is -2.01. The second kappa shape index (κ2) is 6.07. The molecule has 0 aromatic rings. The molecule has 0 heterocycles. The first-order chi connectivity index (χ1) is 5.98. The molecule has 0 aliphatic rings. The highest BCUT2D eigenvalue weighted by molar-refractivity contribution is 7.89. The second-order valence-electron chi connectivity index (χ2n) is 2.44.